The van der Waals surface area contributed by atoms with Gasteiger partial charge in [0.25, 0.3) is 5.91 Å². The number of carbonyl (C=O) groups is 1. The summed E-state index contributed by atoms with van der Waals surface area (Å²) in [4.78, 5) is 23.3. The standard InChI is InChI=1S/C32H30ClF2N5O4/c1-3-6-31(41)38-28-12-23-26(15-30(28)43-10-5-9-40-16-22(17-40)42-2)36-19-37-32(23)39-27-13-24(33)29(14-25(27)35)44-18-20-7-4-8-21(34)11-20/h4,7-8,11-15,19,22H,5,9-10,16-18H2,1-2H3,(H,38,41)(H,36,37,39). The first-order chi connectivity index (χ1) is 21.3. The van der Waals surface area contributed by atoms with E-state index < -0.39 is 17.5 Å². The van der Waals surface area contributed by atoms with Gasteiger partial charge in [-0.1, -0.05) is 29.7 Å². The topological polar surface area (TPSA) is 97.8 Å². The van der Waals surface area contributed by atoms with Crippen LogP contribution < -0.4 is 20.1 Å². The van der Waals surface area contributed by atoms with Crippen molar-refractivity contribution in [3.63, 3.8) is 0 Å². The van der Waals surface area contributed by atoms with E-state index in [1.54, 1.807) is 38.3 Å². The van der Waals surface area contributed by atoms with E-state index in [2.05, 4.69) is 37.3 Å². The molecule has 44 heavy (non-hydrogen) atoms. The predicted molar refractivity (Wildman–Crippen MR) is 164 cm³/mol. The van der Waals surface area contributed by atoms with Gasteiger partial charge in [-0.2, -0.15) is 0 Å². The zero-order chi connectivity index (χ0) is 31.1. The van der Waals surface area contributed by atoms with Crippen molar-refractivity contribution in [2.45, 2.75) is 26.1 Å². The van der Waals surface area contributed by atoms with Gasteiger partial charge in [-0.05, 0) is 49.1 Å². The number of aromatic nitrogens is 2. The lowest BCUT2D eigenvalue weighted by Gasteiger charge is -2.38. The molecule has 228 valence electrons. The lowest BCUT2D eigenvalue weighted by atomic mass is 10.1. The van der Waals surface area contributed by atoms with Crippen molar-refractivity contribution in [3.05, 3.63) is 77.1 Å². The predicted octanol–water partition coefficient (Wildman–Crippen LogP) is 5.95. The molecule has 0 radical (unpaired) electrons. The highest BCUT2D eigenvalue weighted by Gasteiger charge is 2.25. The van der Waals surface area contributed by atoms with Gasteiger partial charge in [0.15, 0.2) is 0 Å². The van der Waals surface area contributed by atoms with Gasteiger partial charge >= 0.3 is 0 Å². The zero-order valence-electron chi connectivity index (χ0n) is 24.1. The van der Waals surface area contributed by atoms with Gasteiger partial charge < -0.3 is 24.8 Å². The van der Waals surface area contributed by atoms with Crippen LogP contribution in [0.1, 0.15) is 18.9 Å². The first-order valence-corrected chi connectivity index (χ1v) is 14.2. The number of fused-ring (bicyclic) bond motifs is 1. The molecule has 4 aromatic rings. The lowest BCUT2D eigenvalue weighted by molar-refractivity contribution is -0.111. The van der Waals surface area contributed by atoms with Crippen LogP contribution in [0.2, 0.25) is 5.02 Å². The number of ether oxygens (including phenoxy) is 3. The largest absolute Gasteiger partial charge is 0.491 e. The second kappa shape index (κ2) is 14.3. The third-order valence-corrected chi connectivity index (χ3v) is 7.21. The van der Waals surface area contributed by atoms with Crippen LogP contribution >= 0.6 is 11.6 Å². The normalized spacial score (nSPS) is 13.1. The molecule has 0 saturated carbocycles. The third-order valence-electron chi connectivity index (χ3n) is 6.91. The molecule has 1 aliphatic heterocycles. The summed E-state index contributed by atoms with van der Waals surface area (Å²) in [6, 6.07) is 11.8. The molecule has 9 nitrogen and oxygen atoms in total. The van der Waals surface area contributed by atoms with Crippen molar-refractivity contribution in [2.24, 2.45) is 0 Å². The summed E-state index contributed by atoms with van der Waals surface area (Å²) in [6.07, 6.45) is 2.39. The molecule has 0 spiro atoms. The van der Waals surface area contributed by atoms with E-state index in [4.69, 9.17) is 25.8 Å². The number of benzene rings is 3. The maximum absolute atomic E-state index is 15.2. The molecule has 1 amide bonds. The number of anilines is 3. The van der Waals surface area contributed by atoms with Gasteiger partial charge in [0.2, 0.25) is 0 Å². The first kappa shape index (κ1) is 30.9. The Morgan fingerprint density at radius 1 is 1.09 bits per heavy atom. The Bertz CT molecular complexity index is 1720. The van der Waals surface area contributed by atoms with Gasteiger partial charge in [-0.15, -0.1) is 0 Å². The zero-order valence-corrected chi connectivity index (χ0v) is 24.9. The number of rotatable bonds is 12. The molecule has 12 heteroatoms. The van der Waals surface area contributed by atoms with E-state index in [9.17, 15) is 9.18 Å². The number of hydrogen-bond acceptors (Lipinski definition) is 8. The van der Waals surface area contributed by atoms with Crippen LogP contribution in [0.3, 0.4) is 0 Å². The molecule has 5 rings (SSSR count). The Morgan fingerprint density at radius 3 is 2.70 bits per heavy atom. The highest BCUT2D eigenvalue weighted by molar-refractivity contribution is 6.32. The average Bonchev–Trinajstić information content (AvgIpc) is 2.97. The van der Waals surface area contributed by atoms with Crippen molar-refractivity contribution < 1.29 is 27.8 Å². The van der Waals surface area contributed by atoms with Crippen molar-refractivity contribution in [2.75, 3.05) is 44.0 Å². The SMILES string of the molecule is CC#CC(=O)Nc1cc2c(Nc3cc(Cl)c(OCc4cccc(F)c4)cc3F)ncnc2cc1OCCCN1CC(OC)C1. The fraction of sp³-hybridized carbons (Fsp3) is 0.281. The minimum absolute atomic E-state index is 0.00803. The Balaban J connectivity index is 1.34. The molecule has 0 atom stereocenters. The molecule has 1 aromatic heterocycles. The molecule has 1 aliphatic rings. The number of nitrogens with zero attached hydrogens (tertiary/aromatic N) is 3. The maximum atomic E-state index is 15.2. The number of carbonyl (C=O) groups excluding carboxylic acids is 1. The van der Waals surface area contributed by atoms with Crippen LogP contribution in [0.15, 0.2) is 54.9 Å². The Morgan fingerprint density at radius 2 is 1.93 bits per heavy atom. The molecule has 2 N–H and O–H groups in total. The third kappa shape index (κ3) is 7.71. The number of likely N-dealkylation sites (tertiary alicyclic amines) is 1. The number of hydrogen-bond donors (Lipinski definition) is 2. The van der Waals surface area contributed by atoms with Gasteiger partial charge in [0, 0.05) is 44.3 Å². The molecule has 1 saturated heterocycles. The molecule has 2 heterocycles. The van der Waals surface area contributed by atoms with Gasteiger partial charge in [0.1, 0.15) is 41.9 Å². The summed E-state index contributed by atoms with van der Waals surface area (Å²) < 4.78 is 45.7. The molecule has 0 bridgehead atoms. The fourth-order valence-corrected chi connectivity index (χ4v) is 4.86. The van der Waals surface area contributed by atoms with Crippen LogP contribution in [-0.2, 0) is 16.1 Å². The van der Waals surface area contributed by atoms with Crippen molar-refractivity contribution in [3.8, 4) is 23.3 Å². The lowest BCUT2D eigenvalue weighted by Crippen LogP contribution is -2.51. The smallest absolute Gasteiger partial charge is 0.300 e. The molecule has 0 aliphatic carbocycles. The number of amides is 1. The van der Waals surface area contributed by atoms with Crippen LogP contribution in [0.4, 0.5) is 26.0 Å². The van der Waals surface area contributed by atoms with Crippen molar-refractivity contribution >= 4 is 45.6 Å². The number of halogens is 3. The van der Waals surface area contributed by atoms with Gasteiger partial charge in [0.05, 0.1) is 34.6 Å². The summed E-state index contributed by atoms with van der Waals surface area (Å²) in [6.45, 7) is 4.63. The molecule has 0 unspecified atom stereocenters. The highest BCUT2D eigenvalue weighted by atomic mass is 35.5. The highest BCUT2D eigenvalue weighted by Crippen LogP contribution is 2.36. The maximum Gasteiger partial charge on any atom is 0.300 e. The quantitative estimate of drug-likeness (QED) is 0.148. The number of nitrogens with one attached hydrogen (secondary N) is 2. The van der Waals surface area contributed by atoms with E-state index in [-0.39, 0.29) is 35.0 Å². The molecular weight excluding hydrogens is 592 g/mol. The van der Waals surface area contributed by atoms with E-state index in [0.29, 0.717) is 34.5 Å². The summed E-state index contributed by atoms with van der Waals surface area (Å²) in [5.41, 5.74) is 1.48. The van der Waals surface area contributed by atoms with Gasteiger partial charge in [-0.3, -0.25) is 9.69 Å². The minimum atomic E-state index is -0.652. The van der Waals surface area contributed by atoms with E-state index in [1.807, 2.05) is 0 Å². The summed E-state index contributed by atoms with van der Waals surface area (Å²) in [5.74, 6) is 4.26. The van der Waals surface area contributed by atoms with Crippen LogP contribution in [-0.4, -0.2) is 60.2 Å². The van der Waals surface area contributed by atoms with E-state index in [1.165, 1.54) is 24.5 Å². The monoisotopic (exact) mass is 621 g/mol. The summed E-state index contributed by atoms with van der Waals surface area (Å²) in [5, 5.41) is 6.35. The van der Waals surface area contributed by atoms with E-state index >= 15 is 4.39 Å². The minimum Gasteiger partial charge on any atom is -0.491 e. The first-order valence-electron chi connectivity index (χ1n) is 13.9. The van der Waals surface area contributed by atoms with Crippen LogP contribution in [0.5, 0.6) is 11.5 Å². The average molecular weight is 622 g/mol. The Labute approximate surface area is 258 Å². The Hall–Kier alpha value is -4.50. The fourth-order valence-electron chi connectivity index (χ4n) is 4.64. The van der Waals surface area contributed by atoms with Crippen LogP contribution in [0, 0.1) is 23.5 Å². The molecular formula is C32H30ClF2N5O4. The second-order valence-electron chi connectivity index (χ2n) is 10.0. The number of methoxy groups -OCH3 is 1. The summed E-state index contributed by atoms with van der Waals surface area (Å²) in [7, 11) is 1.71. The molecule has 1 fully saturated rings. The van der Waals surface area contributed by atoms with Crippen molar-refractivity contribution in [1.82, 2.24) is 14.9 Å². The second-order valence-corrected chi connectivity index (χ2v) is 10.4. The van der Waals surface area contributed by atoms with Crippen LogP contribution in [0.25, 0.3) is 10.9 Å². The molecule has 3 aromatic carbocycles. The van der Waals surface area contributed by atoms with E-state index in [0.717, 1.165) is 32.1 Å². The van der Waals surface area contributed by atoms with Gasteiger partial charge in [-0.25, -0.2) is 18.7 Å². The summed E-state index contributed by atoms with van der Waals surface area (Å²) >= 11 is 6.40. The van der Waals surface area contributed by atoms with Crippen molar-refractivity contribution in [1.29, 1.82) is 0 Å². The Kier molecular flexibility index (Phi) is 10.1.